The molecule has 0 unspecified atom stereocenters. The highest BCUT2D eigenvalue weighted by molar-refractivity contribution is 7.88. The second kappa shape index (κ2) is 5.78. The molecule has 114 valence electrons. The lowest BCUT2D eigenvalue weighted by molar-refractivity contribution is 0.0679. The standard InChI is InChI=1S/C12H15N3O5S/c1-21(19,20)15-6-4-14(5-7-15)11(16)10-3-2-9(8-13-10)12(17)18/h2-3,8H,4-7H2,1H3,(H,17,18). The number of sulfonamides is 1. The second-order valence-corrected chi connectivity index (χ2v) is 6.67. The summed E-state index contributed by atoms with van der Waals surface area (Å²) in [7, 11) is -3.24. The molecular weight excluding hydrogens is 298 g/mol. The van der Waals surface area contributed by atoms with Crippen molar-refractivity contribution in [3.8, 4) is 0 Å². The summed E-state index contributed by atoms with van der Waals surface area (Å²) >= 11 is 0. The maximum atomic E-state index is 12.2. The van der Waals surface area contributed by atoms with Crippen molar-refractivity contribution in [3.63, 3.8) is 0 Å². The van der Waals surface area contributed by atoms with Gasteiger partial charge in [-0.05, 0) is 12.1 Å². The Balaban J connectivity index is 2.03. The number of piperazine rings is 1. The van der Waals surface area contributed by atoms with E-state index in [1.54, 1.807) is 0 Å². The van der Waals surface area contributed by atoms with Crippen LogP contribution in [-0.4, -0.2) is 72.0 Å². The van der Waals surface area contributed by atoms with Crippen LogP contribution in [-0.2, 0) is 10.0 Å². The molecule has 0 aliphatic carbocycles. The lowest BCUT2D eigenvalue weighted by Crippen LogP contribution is -2.50. The summed E-state index contributed by atoms with van der Waals surface area (Å²) in [4.78, 5) is 28.2. The normalized spacial score (nSPS) is 16.7. The number of aromatic carboxylic acids is 1. The summed E-state index contributed by atoms with van der Waals surface area (Å²) in [6.45, 7) is 1.07. The van der Waals surface area contributed by atoms with Crippen LogP contribution in [0.5, 0.6) is 0 Å². The fraction of sp³-hybridized carbons (Fsp3) is 0.417. The number of carbonyl (C=O) groups excluding carboxylic acids is 1. The monoisotopic (exact) mass is 313 g/mol. The summed E-state index contributed by atoms with van der Waals surface area (Å²) < 4.78 is 24.1. The minimum atomic E-state index is -3.24. The van der Waals surface area contributed by atoms with E-state index in [4.69, 9.17) is 5.11 Å². The van der Waals surface area contributed by atoms with Gasteiger partial charge in [0.05, 0.1) is 11.8 Å². The molecule has 0 saturated carbocycles. The molecule has 1 fully saturated rings. The lowest BCUT2D eigenvalue weighted by atomic mass is 10.2. The van der Waals surface area contributed by atoms with Crippen molar-refractivity contribution in [2.45, 2.75) is 0 Å². The van der Waals surface area contributed by atoms with E-state index in [-0.39, 0.29) is 43.3 Å². The molecule has 0 bridgehead atoms. The number of pyridine rings is 1. The molecule has 0 spiro atoms. The fourth-order valence-corrected chi connectivity index (χ4v) is 2.86. The molecule has 0 radical (unpaired) electrons. The third kappa shape index (κ3) is 3.56. The highest BCUT2D eigenvalue weighted by Crippen LogP contribution is 2.10. The van der Waals surface area contributed by atoms with E-state index in [1.807, 2.05) is 0 Å². The van der Waals surface area contributed by atoms with Gasteiger partial charge in [0, 0.05) is 32.4 Å². The van der Waals surface area contributed by atoms with Crippen LogP contribution in [0.4, 0.5) is 0 Å². The summed E-state index contributed by atoms with van der Waals surface area (Å²) in [6.07, 6.45) is 2.26. The number of carbonyl (C=O) groups is 2. The van der Waals surface area contributed by atoms with E-state index in [0.29, 0.717) is 0 Å². The molecule has 2 heterocycles. The maximum absolute atomic E-state index is 12.2. The van der Waals surface area contributed by atoms with Gasteiger partial charge in [0.25, 0.3) is 5.91 Å². The van der Waals surface area contributed by atoms with Gasteiger partial charge in [-0.2, -0.15) is 4.31 Å². The quantitative estimate of drug-likeness (QED) is 0.806. The molecule has 1 N–H and O–H groups in total. The van der Waals surface area contributed by atoms with Gasteiger partial charge in [0.2, 0.25) is 10.0 Å². The largest absolute Gasteiger partial charge is 0.478 e. The van der Waals surface area contributed by atoms with Crippen LogP contribution in [0.2, 0.25) is 0 Å². The second-order valence-electron chi connectivity index (χ2n) is 4.69. The number of nitrogens with zero attached hydrogens (tertiary/aromatic N) is 3. The summed E-state index contributed by atoms with van der Waals surface area (Å²) in [5.41, 5.74) is 0.154. The fourth-order valence-electron chi connectivity index (χ4n) is 2.03. The minimum Gasteiger partial charge on any atom is -0.478 e. The first-order valence-electron chi connectivity index (χ1n) is 6.23. The predicted octanol–water partition coefficient (Wildman–Crippen LogP) is -0.503. The summed E-state index contributed by atoms with van der Waals surface area (Å²) in [5.74, 6) is -1.44. The van der Waals surface area contributed by atoms with Gasteiger partial charge in [-0.25, -0.2) is 13.2 Å². The van der Waals surface area contributed by atoms with Gasteiger partial charge >= 0.3 is 5.97 Å². The van der Waals surface area contributed by atoms with Crippen molar-refractivity contribution in [1.82, 2.24) is 14.2 Å². The first-order valence-corrected chi connectivity index (χ1v) is 8.07. The molecule has 9 heteroatoms. The van der Waals surface area contributed by atoms with Crippen molar-refractivity contribution < 1.29 is 23.1 Å². The molecule has 0 atom stereocenters. The Kier molecular flexibility index (Phi) is 4.24. The van der Waals surface area contributed by atoms with Gasteiger partial charge in [0.1, 0.15) is 5.69 Å². The SMILES string of the molecule is CS(=O)(=O)N1CCN(C(=O)c2ccc(C(=O)O)cn2)CC1. The first-order chi connectivity index (χ1) is 9.79. The van der Waals surface area contributed by atoms with E-state index in [1.165, 1.54) is 21.3 Å². The number of hydrogen-bond donors (Lipinski definition) is 1. The van der Waals surface area contributed by atoms with Gasteiger partial charge in [0.15, 0.2) is 0 Å². The Morgan fingerprint density at radius 2 is 1.81 bits per heavy atom. The average Bonchev–Trinajstić information content (AvgIpc) is 2.46. The zero-order valence-electron chi connectivity index (χ0n) is 11.4. The van der Waals surface area contributed by atoms with Crippen molar-refractivity contribution in [1.29, 1.82) is 0 Å². The average molecular weight is 313 g/mol. The minimum absolute atomic E-state index is 0.00782. The maximum Gasteiger partial charge on any atom is 0.337 e. The predicted molar refractivity (Wildman–Crippen MR) is 73.5 cm³/mol. The molecule has 1 aliphatic heterocycles. The van der Waals surface area contributed by atoms with E-state index >= 15 is 0 Å². The van der Waals surface area contributed by atoms with Crippen LogP contribution in [0.25, 0.3) is 0 Å². The molecule has 1 amide bonds. The van der Waals surface area contributed by atoms with E-state index in [2.05, 4.69) is 4.98 Å². The molecule has 1 aliphatic rings. The zero-order valence-corrected chi connectivity index (χ0v) is 12.2. The van der Waals surface area contributed by atoms with Crippen LogP contribution in [0.1, 0.15) is 20.8 Å². The number of aromatic nitrogens is 1. The third-order valence-corrected chi connectivity index (χ3v) is 4.53. The van der Waals surface area contributed by atoms with Crippen LogP contribution in [0.3, 0.4) is 0 Å². The molecule has 2 rings (SSSR count). The van der Waals surface area contributed by atoms with Crippen molar-refractivity contribution in [2.75, 3.05) is 32.4 Å². The molecule has 8 nitrogen and oxygen atoms in total. The molecule has 21 heavy (non-hydrogen) atoms. The van der Waals surface area contributed by atoms with E-state index in [9.17, 15) is 18.0 Å². The van der Waals surface area contributed by atoms with Gasteiger partial charge < -0.3 is 10.0 Å². The van der Waals surface area contributed by atoms with E-state index < -0.39 is 16.0 Å². The summed E-state index contributed by atoms with van der Waals surface area (Å²) in [5, 5.41) is 8.77. The van der Waals surface area contributed by atoms with Crippen molar-refractivity contribution >= 4 is 21.9 Å². The van der Waals surface area contributed by atoms with Crippen molar-refractivity contribution in [3.05, 3.63) is 29.6 Å². The van der Waals surface area contributed by atoms with Gasteiger partial charge in [-0.15, -0.1) is 0 Å². The molecule has 1 aromatic rings. The Labute approximate surface area is 122 Å². The summed E-state index contributed by atoms with van der Waals surface area (Å²) in [6, 6.07) is 2.67. The Hall–Kier alpha value is -2.00. The number of amides is 1. The van der Waals surface area contributed by atoms with Crippen molar-refractivity contribution in [2.24, 2.45) is 0 Å². The van der Waals surface area contributed by atoms with Gasteiger partial charge in [-0.3, -0.25) is 9.78 Å². The number of rotatable bonds is 3. The number of carboxylic acids is 1. The van der Waals surface area contributed by atoms with Crippen LogP contribution >= 0.6 is 0 Å². The molecule has 0 aromatic carbocycles. The third-order valence-electron chi connectivity index (χ3n) is 3.22. The Bertz CT molecular complexity index is 648. The molecule has 1 aromatic heterocycles. The first kappa shape index (κ1) is 15.4. The highest BCUT2D eigenvalue weighted by atomic mass is 32.2. The van der Waals surface area contributed by atoms with E-state index in [0.717, 1.165) is 12.5 Å². The zero-order chi connectivity index (χ0) is 15.6. The Morgan fingerprint density at radius 1 is 1.19 bits per heavy atom. The lowest BCUT2D eigenvalue weighted by Gasteiger charge is -2.33. The number of carboxylic acid groups (broad SMARTS) is 1. The smallest absolute Gasteiger partial charge is 0.337 e. The van der Waals surface area contributed by atoms with Crippen LogP contribution < -0.4 is 0 Å². The van der Waals surface area contributed by atoms with Crippen LogP contribution in [0.15, 0.2) is 18.3 Å². The highest BCUT2D eigenvalue weighted by Gasteiger charge is 2.27. The Morgan fingerprint density at radius 3 is 2.24 bits per heavy atom. The number of hydrogen-bond acceptors (Lipinski definition) is 5. The van der Waals surface area contributed by atoms with Gasteiger partial charge in [-0.1, -0.05) is 0 Å². The molecule has 1 saturated heterocycles. The van der Waals surface area contributed by atoms with Crippen LogP contribution in [0, 0.1) is 0 Å². The topological polar surface area (TPSA) is 108 Å². The molecular formula is C12H15N3O5S.